The Labute approximate surface area is 126 Å². The smallest absolute Gasteiger partial charge is 0.258 e. The molecule has 2 aromatic carbocycles. The maximum Gasteiger partial charge on any atom is 0.258 e. The van der Waals surface area contributed by atoms with Crippen molar-refractivity contribution in [3.05, 3.63) is 63.2 Å². The fraction of sp³-hybridized carbons (Fsp3) is 0.188. The number of amides is 1. The van der Waals surface area contributed by atoms with E-state index >= 15 is 0 Å². The van der Waals surface area contributed by atoms with Crippen molar-refractivity contribution < 1.29 is 4.79 Å². The fourth-order valence-electron chi connectivity index (χ4n) is 2.64. The van der Waals surface area contributed by atoms with Crippen molar-refractivity contribution in [1.29, 1.82) is 0 Å². The lowest BCUT2D eigenvalue weighted by atomic mass is 10.1. The van der Waals surface area contributed by atoms with E-state index in [0.29, 0.717) is 0 Å². The molecule has 0 radical (unpaired) electrons. The monoisotopic (exact) mass is 363 g/mol. The number of carbonyl (C=O) groups is 1. The van der Waals surface area contributed by atoms with Gasteiger partial charge in [0.25, 0.3) is 5.91 Å². The molecule has 96 valence electrons. The minimum Gasteiger partial charge on any atom is -0.305 e. The van der Waals surface area contributed by atoms with Crippen LogP contribution >= 0.6 is 22.6 Å². The molecule has 0 bridgehead atoms. The van der Waals surface area contributed by atoms with Gasteiger partial charge in [0.1, 0.15) is 0 Å². The van der Waals surface area contributed by atoms with Gasteiger partial charge in [-0.25, -0.2) is 0 Å². The van der Waals surface area contributed by atoms with E-state index in [4.69, 9.17) is 0 Å². The largest absolute Gasteiger partial charge is 0.305 e. The highest BCUT2D eigenvalue weighted by molar-refractivity contribution is 14.1. The Morgan fingerprint density at radius 3 is 2.79 bits per heavy atom. The zero-order valence-electron chi connectivity index (χ0n) is 10.6. The van der Waals surface area contributed by atoms with E-state index in [1.807, 2.05) is 47.4 Å². The minimum absolute atomic E-state index is 0.0935. The summed E-state index contributed by atoms with van der Waals surface area (Å²) in [6.45, 7) is 2.10. The van der Waals surface area contributed by atoms with Gasteiger partial charge in [-0.1, -0.05) is 24.3 Å². The molecule has 0 saturated carbocycles. The van der Waals surface area contributed by atoms with Crippen molar-refractivity contribution in [1.82, 2.24) is 0 Å². The van der Waals surface area contributed by atoms with E-state index in [-0.39, 0.29) is 11.9 Å². The second-order valence-corrected chi connectivity index (χ2v) is 6.11. The Morgan fingerprint density at radius 1 is 1.21 bits per heavy atom. The van der Waals surface area contributed by atoms with Crippen LogP contribution in [0.5, 0.6) is 0 Å². The summed E-state index contributed by atoms with van der Waals surface area (Å²) in [4.78, 5) is 14.6. The first kappa shape index (κ1) is 12.7. The molecule has 1 unspecified atom stereocenters. The number of fused-ring (bicyclic) bond motifs is 1. The predicted molar refractivity (Wildman–Crippen MR) is 85.6 cm³/mol. The SMILES string of the molecule is CC1Cc2ccccc2N1C(=O)c1cccc(I)c1. The minimum atomic E-state index is 0.0935. The number of hydrogen-bond donors (Lipinski definition) is 0. The second-order valence-electron chi connectivity index (χ2n) is 4.87. The lowest BCUT2D eigenvalue weighted by Crippen LogP contribution is -2.35. The van der Waals surface area contributed by atoms with Crippen LogP contribution in [0.25, 0.3) is 0 Å². The average Bonchev–Trinajstić information content (AvgIpc) is 2.74. The third kappa shape index (κ3) is 2.27. The van der Waals surface area contributed by atoms with Crippen LogP contribution in [0.3, 0.4) is 0 Å². The highest BCUT2D eigenvalue weighted by atomic mass is 127. The Morgan fingerprint density at radius 2 is 2.00 bits per heavy atom. The first-order valence-corrected chi connectivity index (χ1v) is 7.42. The van der Waals surface area contributed by atoms with Gasteiger partial charge >= 0.3 is 0 Å². The molecule has 0 aromatic heterocycles. The Hall–Kier alpha value is -1.36. The summed E-state index contributed by atoms with van der Waals surface area (Å²) in [7, 11) is 0. The highest BCUT2D eigenvalue weighted by Gasteiger charge is 2.31. The van der Waals surface area contributed by atoms with Gasteiger partial charge in [0.05, 0.1) is 0 Å². The van der Waals surface area contributed by atoms with Crippen LogP contribution in [0.15, 0.2) is 48.5 Å². The molecule has 2 aromatic rings. The summed E-state index contributed by atoms with van der Waals surface area (Å²) in [5, 5.41) is 0. The number of hydrogen-bond acceptors (Lipinski definition) is 1. The van der Waals surface area contributed by atoms with Crippen LogP contribution < -0.4 is 4.90 Å². The van der Waals surface area contributed by atoms with E-state index < -0.39 is 0 Å². The summed E-state index contributed by atoms with van der Waals surface area (Å²) in [5.74, 6) is 0.0935. The van der Waals surface area contributed by atoms with Crippen LogP contribution in [-0.2, 0) is 6.42 Å². The van der Waals surface area contributed by atoms with Gasteiger partial charge in [-0.15, -0.1) is 0 Å². The van der Waals surface area contributed by atoms with Crippen molar-refractivity contribution >= 4 is 34.2 Å². The zero-order chi connectivity index (χ0) is 13.4. The van der Waals surface area contributed by atoms with Gasteiger partial charge < -0.3 is 4.90 Å². The van der Waals surface area contributed by atoms with Gasteiger partial charge in [0.2, 0.25) is 0 Å². The summed E-state index contributed by atoms with van der Waals surface area (Å²) in [6.07, 6.45) is 0.936. The molecule has 0 spiro atoms. The van der Waals surface area contributed by atoms with Gasteiger partial charge in [0, 0.05) is 20.9 Å². The number of benzene rings is 2. The fourth-order valence-corrected chi connectivity index (χ4v) is 3.18. The molecule has 3 heteroatoms. The molecule has 3 rings (SSSR count). The molecule has 0 aliphatic carbocycles. The van der Waals surface area contributed by atoms with Gasteiger partial charge in [0.15, 0.2) is 0 Å². The summed E-state index contributed by atoms with van der Waals surface area (Å²) in [5.41, 5.74) is 3.07. The Bertz CT molecular complexity index is 638. The Kier molecular flexibility index (Phi) is 3.31. The van der Waals surface area contributed by atoms with Crippen LogP contribution in [0.4, 0.5) is 5.69 Å². The van der Waals surface area contributed by atoms with E-state index in [2.05, 4.69) is 35.6 Å². The Balaban J connectivity index is 2.01. The summed E-state index contributed by atoms with van der Waals surface area (Å²) in [6, 6.07) is 16.1. The van der Waals surface area contributed by atoms with Gasteiger partial charge in [-0.3, -0.25) is 4.79 Å². The number of halogens is 1. The van der Waals surface area contributed by atoms with Crippen molar-refractivity contribution in [3.8, 4) is 0 Å². The lowest BCUT2D eigenvalue weighted by Gasteiger charge is -2.22. The van der Waals surface area contributed by atoms with E-state index in [1.165, 1.54) is 5.56 Å². The molecule has 1 amide bonds. The topological polar surface area (TPSA) is 20.3 Å². The standard InChI is InChI=1S/C16H14INO/c1-11-9-12-5-2-3-8-15(12)18(11)16(19)13-6-4-7-14(17)10-13/h2-8,10-11H,9H2,1H3. The predicted octanol–water partition coefficient (Wildman–Crippen LogP) is 3.88. The van der Waals surface area contributed by atoms with Crippen LogP contribution in [0.2, 0.25) is 0 Å². The zero-order valence-corrected chi connectivity index (χ0v) is 12.8. The molecule has 1 heterocycles. The van der Waals surface area contributed by atoms with E-state index in [1.54, 1.807) is 0 Å². The summed E-state index contributed by atoms with van der Waals surface area (Å²) < 4.78 is 1.09. The number of carbonyl (C=O) groups excluding carboxylic acids is 1. The molecule has 1 aliphatic rings. The maximum absolute atomic E-state index is 12.7. The number of para-hydroxylation sites is 1. The molecular formula is C16H14INO. The molecule has 19 heavy (non-hydrogen) atoms. The second kappa shape index (κ2) is 4.96. The average molecular weight is 363 g/mol. The highest BCUT2D eigenvalue weighted by Crippen LogP contribution is 2.33. The van der Waals surface area contributed by atoms with Crippen LogP contribution in [0.1, 0.15) is 22.8 Å². The normalized spacial score (nSPS) is 17.4. The van der Waals surface area contributed by atoms with E-state index in [0.717, 1.165) is 21.2 Å². The molecule has 0 fully saturated rings. The lowest BCUT2D eigenvalue weighted by molar-refractivity contribution is 0.0981. The van der Waals surface area contributed by atoms with Crippen molar-refractivity contribution in [2.45, 2.75) is 19.4 Å². The third-order valence-corrected chi connectivity index (χ3v) is 4.17. The quantitative estimate of drug-likeness (QED) is 0.705. The number of nitrogens with zero attached hydrogens (tertiary/aromatic N) is 1. The number of anilines is 1. The van der Waals surface area contributed by atoms with Crippen molar-refractivity contribution in [2.75, 3.05) is 4.90 Å². The van der Waals surface area contributed by atoms with Crippen LogP contribution in [0, 0.1) is 3.57 Å². The van der Waals surface area contributed by atoms with Crippen LogP contribution in [-0.4, -0.2) is 11.9 Å². The van der Waals surface area contributed by atoms with Crippen molar-refractivity contribution in [3.63, 3.8) is 0 Å². The van der Waals surface area contributed by atoms with Gasteiger partial charge in [-0.05, 0) is 65.8 Å². The third-order valence-electron chi connectivity index (χ3n) is 3.50. The molecular weight excluding hydrogens is 349 g/mol. The first-order chi connectivity index (χ1) is 9.16. The number of rotatable bonds is 1. The maximum atomic E-state index is 12.7. The van der Waals surface area contributed by atoms with E-state index in [9.17, 15) is 4.79 Å². The first-order valence-electron chi connectivity index (χ1n) is 6.34. The molecule has 2 nitrogen and oxygen atoms in total. The van der Waals surface area contributed by atoms with Crippen molar-refractivity contribution in [2.24, 2.45) is 0 Å². The molecule has 1 atom stereocenters. The van der Waals surface area contributed by atoms with Gasteiger partial charge in [-0.2, -0.15) is 0 Å². The molecule has 0 saturated heterocycles. The molecule has 0 N–H and O–H groups in total. The summed E-state index contributed by atoms with van der Waals surface area (Å²) >= 11 is 2.24. The molecule has 1 aliphatic heterocycles.